The minimum Gasteiger partial charge on any atom is -0.465 e. The van der Waals surface area contributed by atoms with Gasteiger partial charge in [-0.2, -0.15) is 0 Å². The molecule has 0 bridgehead atoms. The first kappa shape index (κ1) is 11.4. The van der Waals surface area contributed by atoms with Crippen molar-refractivity contribution < 1.29 is 9.53 Å². The fraction of sp³-hybridized carbons (Fsp3) is 0.889. The van der Waals surface area contributed by atoms with E-state index in [1.165, 1.54) is 0 Å². The van der Waals surface area contributed by atoms with Crippen LogP contribution in [0.15, 0.2) is 0 Å². The molecule has 0 saturated carbocycles. The van der Waals surface area contributed by atoms with Crippen LogP contribution in [-0.4, -0.2) is 26.2 Å². The van der Waals surface area contributed by atoms with E-state index in [9.17, 15) is 4.79 Å². The van der Waals surface area contributed by atoms with Gasteiger partial charge in [0.1, 0.15) is 0 Å². The Bertz CT molecular complexity index is 124. The van der Waals surface area contributed by atoms with Crippen LogP contribution in [-0.2, 0) is 9.53 Å². The van der Waals surface area contributed by atoms with Gasteiger partial charge in [-0.25, -0.2) is 0 Å². The molecule has 0 unspecified atom stereocenters. The fourth-order valence-corrected chi connectivity index (χ4v) is 0.873. The second-order valence-corrected chi connectivity index (χ2v) is 3.29. The number of hydrogen-bond donors (Lipinski definition) is 1. The van der Waals surface area contributed by atoms with Gasteiger partial charge in [-0.3, -0.25) is 4.79 Å². The Hall–Kier alpha value is -0.570. The van der Waals surface area contributed by atoms with Crippen LogP contribution in [0.1, 0.15) is 26.7 Å². The average Bonchev–Trinajstić information content (AvgIpc) is 1.98. The van der Waals surface area contributed by atoms with Gasteiger partial charge in [0.05, 0.1) is 13.2 Å². The van der Waals surface area contributed by atoms with Crippen molar-refractivity contribution in [3.8, 4) is 0 Å². The number of likely N-dealkylation sites (N-methyl/N-ethyl adjacent to an activating group) is 1. The van der Waals surface area contributed by atoms with Crippen LogP contribution in [0.2, 0.25) is 0 Å². The summed E-state index contributed by atoms with van der Waals surface area (Å²) in [6.45, 7) is 5.19. The summed E-state index contributed by atoms with van der Waals surface area (Å²) < 4.78 is 4.93. The predicted molar refractivity (Wildman–Crippen MR) is 49.0 cm³/mol. The molecule has 0 aromatic carbocycles. The maximum Gasteiger partial charge on any atom is 0.319 e. The van der Waals surface area contributed by atoms with Gasteiger partial charge in [-0.1, -0.05) is 13.8 Å². The topological polar surface area (TPSA) is 38.3 Å². The Morgan fingerprint density at radius 2 is 2.17 bits per heavy atom. The largest absolute Gasteiger partial charge is 0.465 e. The highest BCUT2D eigenvalue weighted by atomic mass is 16.5. The molecule has 0 amide bonds. The summed E-state index contributed by atoms with van der Waals surface area (Å²) in [5.74, 6) is 0.522. The molecule has 0 radical (unpaired) electrons. The number of esters is 1. The summed E-state index contributed by atoms with van der Waals surface area (Å²) in [5.41, 5.74) is 0. The van der Waals surface area contributed by atoms with Gasteiger partial charge in [-0.05, 0) is 25.8 Å². The van der Waals surface area contributed by atoms with Crippen molar-refractivity contribution in [2.24, 2.45) is 5.92 Å². The highest BCUT2D eigenvalue weighted by molar-refractivity contribution is 5.71. The van der Waals surface area contributed by atoms with Crippen LogP contribution >= 0.6 is 0 Å². The third-order valence-corrected chi connectivity index (χ3v) is 1.51. The molecular weight excluding hydrogens is 154 g/mol. The van der Waals surface area contributed by atoms with Crippen LogP contribution < -0.4 is 5.32 Å². The molecule has 0 spiro atoms. The summed E-state index contributed by atoms with van der Waals surface area (Å²) in [5, 5.41) is 2.74. The highest BCUT2D eigenvalue weighted by Gasteiger charge is 2.00. The Balaban J connectivity index is 3.14. The number of nitrogens with one attached hydrogen (secondary N) is 1. The van der Waals surface area contributed by atoms with E-state index in [4.69, 9.17) is 4.74 Å². The molecule has 0 fully saturated rings. The molecular formula is C9H19NO2. The molecule has 0 aromatic heterocycles. The zero-order valence-electron chi connectivity index (χ0n) is 8.22. The standard InChI is InChI=1S/C9H19NO2/c1-8(2)5-4-6-12-9(11)7-10-3/h8,10H,4-7H2,1-3H3. The van der Waals surface area contributed by atoms with E-state index in [2.05, 4.69) is 19.2 Å². The van der Waals surface area contributed by atoms with Crippen LogP contribution in [0.3, 0.4) is 0 Å². The Labute approximate surface area is 74.5 Å². The molecule has 12 heavy (non-hydrogen) atoms. The van der Waals surface area contributed by atoms with Crippen LogP contribution in [0.5, 0.6) is 0 Å². The van der Waals surface area contributed by atoms with Crippen molar-refractivity contribution in [2.75, 3.05) is 20.2 Å². The highest BCUT2D eigenvalue weighted by Crippen LogP contribution is 2.02. The smallest absolute Gasteiger partial charge is 0.319 e. The van der Waals surface area contributed by atoms with E-state index in [-0.39, 0.29) is 5.97 Å². The zero-order chi connectivity index (χ0) is 9.40. The molecule has 0 saturated heterocycles. The molecule has 0 rings (SSSR count). The first-order valence-corrected chi connectivity index (χ1v) is 4.47. The first-order valence-electron chi connectivity index (χ1n) is 4.47. The molecule has 0 aliphatic heterocycles. The maximum atomic E-state index is 10.8. The van der Waals surface area contributed by atoms with E-state index < -0.39 is 0 Å². The molecule has 72 valence electrons. The van der Waals surface area contributed by atoms with E-state index >= 15 is 0 Å². The van der Waals surface area contributed by atoms with E-state index in [1.54, 1.807) is 7.05 Å². The van der Waals surface area contributed by atoms with Crippen molar-refractivity contribution in [1.82, 2.24) is 5.32 Å². The van der Waals surface area contributed by atoms with Crippen LogP contribution in [0, 0.1) is 5.92 Å². The lowest BCUT2D eigenvalue weighted by Gasteiger charge is -2.05. The normalized spacial score (nSPS) is 10.3. The summed E-state index contributed by atoms with van der Waals surface area (Å²) >= 11 is 0. The number of rotatable bonds is 6. The average molecular weight is 173 g/mol. The predicted octanol–water partition coefficient (Wildman–Crippen LogP) is 1.19. The summed E-state index contributed by atoms with van der Waals surface area (Å²) in [6, 6.07) is 0. The Kier molecular flexibility index (Phi) is 6.76. The number of hydrogen-bond acceptors (Lipinski definition) is 3. The van der Waals surface area contributed by atoms with E-state index in [1.807, 2.05) is 0 Å². The minimum absolute atomic E-state index is 0.166. The third kappa shape index (κ3) is 7.54. The lowest BCUT2D eigenvalue weighted by Crippen LogP contribution is -2.21. The monoisotopic (exact) mass is 173 g/mol. The van der Waals surface area contributed by atoms with E-state index in [0.717, 1.165) is 12.8 Å². The van der Waals surface area contributed by atoms with Gasteiger partial charge < -0.3 is 10.1 Å². The first-order chi connectivity index (χ1) is 5.66. The van der Waals surface area contributed by atoms with Gasteiger partial charge in [0.15, 0.2) is 0 Å². The molecule has 0 aromatic rings. The molecule has 3 nitrogen and oxygen atoms in total. The van der Waals surface area contributed by atoms with Gasteiger partial charge in [0.2, 0.25) is 0 Å². The fourth-order valence-electron chi connectivity index (χ4n) is 0.873. The van der Waals surface area contributed by atoms with Crippen molar-refractivity contribution in [2.45, 2.75) is 26.7 Å². The van der Waals surface area contributed by atoms with Crippen molar-refractivity contribution in [3.63, 3.8) is 0 Å². The molecule has 1 N–H and O–H groups in total. The number of carbonyl (C=O) groups is 1. The summed E-state index contributed by atoms with van der Waals surface area (Å²) in [6.07, 6.45) is 2.08. The Morgan fingerprint density at radius 1 is 1.50 bits per heavy atom. The quantitative estimate of drug-likeness (QED) is 0.484. The van der Waals surface area contributed by atoms with Gasteiger partial charge in [-0.15, -0.1) is 0 Å². The second kappa shape index (κ2) is 7.10. The van der Waals surface area contributed by atoms with Gasteiger partial charge >= 0.3 is 5.97 Å². The molecule has 3 heteroatoms. The molecule has 0 heterocycles. The summed E-state index contributed by atoms with van der Waals surface area (Å²) in [4.78, 5) is 10.8. The van der Waals surface area contributed by atoms with E-state index in [0.29, 0.717) is 19.1 Å². The molecule has 0 atom stereocenters. The zero-order valence-corrected chi connectivity index (χ0v) is 8.22. The van der Waals surface area contributed by atoms with Crippen LogP contribution in [0.25, 0.3) is 0 Å². The van der Waals surface area contributed by atoms with Crippen LogP contribution in [0.4, 0.5) is 0 Å². The van der Waals surface area contributed by atoms with Crippen molar-refractivity contribution in [1.29, 1.82) is 0 Å². The lowest BCUT2D eigenvalue weighted by molar-refractivity contribution is -0.142. The third-order valence-electron chi connectivity index (χ3n) is 1.51. The van der Waals surface area contributed by atoms with Gasteiger partial charge in [0.25, 0.3) is 0 Å². The number of carbonyl (C=O) groups excluding carboxylic acids is 1. The van der Waals surface area contributed by atoms with Gasteiger partial charge in [0, 0.05) is 0 Å². The molecule has 0 aliphatic carbocycles. The molecule has 0 aliphatic rings. The maximum absolute atomic E-state index is 10.8. The second-order valence-electron chi connectivity index (χ2n) is 3.29. The lowest BCUT2D eigenvalue weighted by atomic mass is 10.1. The Morgan fingerprint density at radius 3 is 2.67 bits per heavy atom. The van der Waals surface area contributed by atoms with Crippen molar-refractivity contribution >= 4 is 5.97 Å². The number of ether oxygens (including phenoxy) is 1. The summed E-state index contributed by atoms with van der Waals surface area (Å²) in [7, 11) is 1.73. The minimum atomic E-state index is -0.166. The van der Waals surface area contributed by atoms with Crippen molar-refractivity contribution in [3.05, 3.63) is 0 Å². The SMILES string of the molecule is CNCC(=O)OCCCC(C)C.